The topological polar surface area (TPSA) is 86.3 Å². The number of nitrogens with zero attached hydrogens (tertiary/aromatic N) is 2. The summed E-state index contributed by atoms with van der Waals surface area (Å²) in [5.41, 5.74) is 0.288. The molecule has 1 atom stereocenters. The van der Waals surface area contributed by atoms with Gasteiger partial charge in [-0.2, -0.15) is 5.10 Å². The van der Waals surface area contributed by atoms with E-state index in [0.29, 0.717) is 18.7 Å². The third kappa shape index (κ3) is 2.74. The van der Waals surface area contributed by atoms with E-state index in [-0.39, 0.29) is 23.8 Å². The summed E-state index contributed by atoms with van der Waals surface area (Å²) in [5, 5.41) is 16.6. The second-order valence-corrected chi connectivity index (χ2v) is 7.51. The molecule has 0 aromatic carbocycles. The van der Waals surface area contributed by atoms with Crippen LogP contribution in [0.3, 0.4) is 0 Å². The van der Waals surface area contributed by atoms with Crippen molar-refractivity contribution in [1.29, 1.82) is 0 Å². The van der Waals surface area contributed by atoms with Gasteiger partial charge in [-0.15, -0.1) is 0 Å². The van der Waals surface area contributed by atoms with Gasteiger partial charge >= 0.3 is 5.97 Å². The maximum absolute atomic E-state index is 12.6. The van der Waals surface area contributed by atoms with Crippen LogP contribution in [0.4, 0.5) is 0 Å². The van der Waals surface area contributed by atoms with E-state index in [4.69, 9.17) is 0 Å². The molecule has 0 saturated carbocycles. The van der Waals surface area contributed by atoms with E-state index >= 15 is 0 Å². The first-order chi connectivity index (χ1) is 10.1. The molecule has 1 amide bonds. The lowest BCUT2D eigenvalue weighted by Gasteiger charge is -2.28. The number of amides is 1. The van der Waals surface area contributed by atoms with E-state index in [1.807, 2.05) is 34.6 Å². The van der Waals surface area contributed by atoms with Crippen molar-refractivity contribution < 1.29 is 14.7 Å². The zero-order valence-corrected chi connectivity index (χ0v) is 13.9. The van der Waals surface area contributed by atoms with Gasteiger partial charge in [-0.3, -0.25) is 14.7 Å². The molecule has 1 unspecified atom stereocenters. The Balaban J connectivity index is 2.18. The monoisotopic (exact) mass is 307 g/mol. The van der Waals surface area contributed by atoms with Gasteiger partial charge in [0.1, 0.15) is 5.69 Å². The van der Waals surface area contributed by atoms with Crippen molar-refractivity contribution in [2.24, 2.45) is 11.3 Å². The van der Waals surface area contributed by atoms with Gasteiger partial charge in [0.15, 0.2) is 0 Å². The van der Waals surface area contributed by atoms with Gasteiger partial charge in [0, 0.05) is 24.2 Å². The number of carboxylic acids is 1. The molecule has 1 fully saturated rings. The van der Waals surface area contributed by atoms with Gasteiger partial charge in [0.05, 0.1) is 5.41 Å². The minimum atomic E-state index is -0.848. The normalized spacial score (nSPS) is 22.4. The Morgan fingerprint density at radius 3 is 2.45 bits per heavy atom. The number of hydrogen-bond donors (Lipinski definition) is 2. The highest BCUT2D eigenvalue weighted by atomic mass is 16.4. The number of aromatic amines is 1. The van der Waals surface area contributed by atoms with Crippen LogP contribution in [0.1, 0.15) is 57.2 Å². The zero-order valence-electron chi connectivity index (χ0n) is 13.9. The second kappa shape index (κ2) is 5.41. The van der Waals surface area contributed by atoms with Gasteiger partial charge in [0.2, 0.25) is 0 Å². The molecule has 1 aromatic heterocycles. The van der Waals surface area contributed by atoms with Crippen LogP contribution in [0.15, 0.2) is 6.07 Å². The van der Waals surface area contributed by atoms with Gasteiger partial charge in [-0.05, 0) is 18.4 Å². The molecule has 6 nitrogen and oxygen atoms in total. The maximum atomic E-state index is 12.6. The highest BCUT2D eigenvalue weighted by molar-refractivity contribution is 5.93. The molecule has 1 aliphatic heterocycles. The van der Waals surface area contributed by atoms with Crippen molar-refractivity contribution in [3.8, 4) is 0 Å². The van der Waals surface area contributed by atoms with E-state index in [1.54, 1.807) is 11.0 Å². The molecule has 0 spiro atoms. The average molecular weight is 307 g/mol. The van der Waals surface area contributed by atoms with Crippen molar-refractivity contribution in [2.45, 2.75) is 46.5 Å². The van der Waals surface area contributed by atoms with Crippen LogP contribution in [0.5, 0.6) is 0 Å². The van der Waals surface area contributed by atoms with Crippen LogP contribution in [-0.4, -0.2) is 45.2 Å². The number of likely N-dealkylation sites (tertiary alicyclic amines) is 1. The molecule has 2 rings (SSSR count). The minimum Gasteiger partial charge on any atom is -0.481 e. The van der Waals surface area contributed by atoms with Crippen molar-refractivity contribution in [1.82, 2.24) is 15.1 Å². The number of nitrogens with one attached hydrogen (secondary N) is 1. The van der Waals surface area contributed by atoms with Crippen LogP contribution in [0.25, 0.3) is 0 Å². The first kappa shape index (κ1) is 16.5. The van der Waals surface area contributed by atoms with Crippen molar-refractivity contribution in [2.75, 3.05) is 13.1 Å². The van der Waals surface area contributed by atoms with Gasteiger partial charge < -0.3 is 10.0 Å². The predicted octanol–water partition coefficient (Wildman–Crippen LogP) is 2.28. The summed E-state index contributed by atoms with van der Waals surface area (Å²) < 4.78 is 0. The molecule has 22 heavy (non-hydrogen) atoms. The van der Waals surface area contributed by atoms with E-state index in [2.05, 4.69) is 10.2 Å². The molecule has 1 aliphatic rings. The number of rotatable bonds is 3. The predicted molar refractivity (Wildman–Crippen MR) is 82.7 cm³/mol. The van der Waals surface area contributed by atoms with E-state index in [9.17, 15) is 14.7 Å². The Hall–Kier alpha value is -1.85. The molecule has 2 N–H and O–H groups in total. The first-order valence-corrected chi connectivity index (χ1v) is 7.66. The summed E-state index contributed by atoms with van der Waals surface area (Å²) in [5.74, 6) is -1.04. The van der Waals surface area contributed by atoms with Crippen LogP contribution in [0.2, 0.25) is 0 Å². The fourth-order valence-electron chi connectivity index (χ4n) is 2.88. The third-order valence-electron chi connectivity index (χ3n) is 4.72. The van der Waals surface area contributed by atoms with Gasteiger partial charge in [0.25, 0.3) is 5.91 Å². The van der Waals surface area contributed by atoms with E-state index < -0.39 is 11.4 Å². The summed E-state index contributed by atoms with van der Waals surface area (Å²) in [4.78, 5) is 25.8. The van der Waals surface area contributed by atoms with Crippen LogP contribution >= 0.6 is 0 Å². The quantitative estimate of drug-likeness (QED) is 0.897. The van der Waals surface area contributed by atoms with Crippen molar-refractivity contribution >= 4 is 11.9 Å². The fraction of sp³-hybridized carbons (Fsp3) is 0.688. The van der Waals surface area contributed by atoms with Crippen molar-refractivity contribution in [3.05, 3.63) is 17.5 Å². The number of carbonyl (C=O) groups is 2. The van der Waals surface area contributed by atoms with Crippen LogP contribution < -0.4 is 0 Å². The molecular weight excluding hydrogens is 282 g/mol. The molecule has 0 aliphatic carbocycles. The lowest BCUT2D eigenvalue weighted by atomic mass is 9.76. The summed E-state index contributed by atoms with van der Waals surface area (Å²) in [7, 11) is 0. The van der Waals surface area contributed by atoms with Crippen molar-refractivity contribution in [3.63, 3.8) is 0 Å². The summed E-state index contributed by atoms with van der Waals surface area (Å²) in [6, 6.07) is 1.76. The number of H-pyrrole nitrogens is 1. The Morgan fingerprint density at radius 1 is 1.41 bits per heavy atom. The van der Waals surface area contributed by atoms with Gasteiger partial charge in [-0.25, -0.2) is 0 Å². The second-order valence-electron chi connectivity index (χ2n) is 7.51. The Labute approximate surface area is 130 Å². The maximum Gasteiger partial charge on any atom is 0.311 e. The Bertz CT molecular complexity index is 586. The zero-order chi connectivity index (χ0) is 16.7. The standard InChI is InChI=1S/C16H25N3O3/c1-10(2)16(14(21)22)6-7-19(9-16)13(20)11-8-12(18-17-11)15(3,4)5/h8,10H,6-7,9H2,1-5H3,(H,17,18)(H,21,22). The molecule has 122 valence electrons. The van der Waals surface area contributed by atoms with Crippen LogP contribution in [0, 0.1) is 11.3 Å². The highest BCUT2D eigenvalue weighted by Crippen LogP contribution is 2.38. The largest absolute Gasteiger partial charge is 0.481 e. The molecule has 0 radical (unpaired) electrons. The van der Waals surface area contributed by atoms with E-state index in [0.717, 1.165) is 5.69 Å². The lowest BCUT2D eigenvalue weighted by Crippen LogP contribution is -2.40. The van der Waals surface area contributed by atoms with E-state index in [1.165, 1.54) is 0 Å². The minimum absolute atomic E-state index is 0.0212. The molecule has 6 heteroatoms. The third-order valence-corrected chi connectivity index (χ3v) is 4.72. The number of hydrogen-bond acceptors (Lipinski definition) is 3. The highest BCUT2D eigenvalue weighted by Gasteiger charge is 2.48. The summed E-state index contributed by atoms with van der Waals surface area (Å²) in [6.45, 7) is 10.6. The summed E-state index contributed by atoms with van der Waals surface area (Å²) in [6.07, 6.45) is 0.488. The first-order valence-electron chi connectivity index (χ1n) is 7.66. The van der Waals surface area contributed by atoms with Crippen LogP contribution in [-0.2, 0) is 10.2 Å². The Kier molecular flexibility index (Phi) is 4.06. The molecule has 1 saturated heterocycles. The lowest BCUT2D eigenvalue weighted by molar-refractivity contribution is -0.150. The molecular formula is C16H25N3O3. The summed E-state index contributed by atoms with van der Waals surface area (Å²) >= 11 is 0. The van der Waals surface area contributed by atoms with Gasteiger partial charge in [-0.1, -0.05) is 34.6 Å². The average Bonchev–Trinajstić information content (AvgIpc) is 3.05. The fourth-order valence-corrected chi connectivity index (χ4v) is 2.88. The molecule has 2 heterocycles. The number of carboxylic acid groups (broad SMARTS) is 1. The molecule has 0 bridgehead atoms. The Morgan fingerprint density at radius 2 is 2.05 bits per heavy atom. The SMILES string of the molecule is CC(C)C1(C(=O)O)CCN(C(=O)c2cc(C(C)(C)C)[nH]n2)C1. The number of carbonyl (C=O) groups excluding carboxylic acids is 1. The number of aliphatic carboxylic acids is 1. The molecule has 1 aromatic rings. The smallest absolute Gasteiger partial charge is 0.311 e. The number of aromatic nitrogens is 2.